The van der Waals surface area contributed by atoms with E-state index in [2.05, 4.69) is 17.1 Å². The topological polar surface area (TPSA) is 74.2 Å². The van der Waals surface area contributed by atoms with Crippen molar-refractivity contribution in [3.63, 3.8) is 0 Å². The molecule has 0 aliphatic heterocycles. The highest BCUT2D eigenvalue weighted by Crippen LogP contribution is 2.19. The maximum atomic E-state index is 5.89. The van der Waals surface area contributed by atoms with Crippen LogP contribution in [0.2, 0.25) is 0 Å². The number of aromatic nitrogens is 2. The number of ether oxygens (including phenoxy) is 1. The van der Waals surface area contributed by atoms with Crippen LogP contribution < -0.4 is 5.73 Å². The van der Waals surface area contributed by atoms with Gasteiger partial charge in [0.05, 0.1) is 0 Å². The summed E-state index contributed by atoms with van der Waals surface area (Å²) in [6, 6.07) is 0. The molecule has 0 spiro atoms. The lowest BCUT2D eigenvalue weighted by Crippen LogP contribution is -2.34. The molecule has 2 N–H and O–H groups in total. The summed E-state index contributed by atoms with van der Waals surface area (Å²) in [7, 11) is 1.66. The van der Waals surface area contributed by atoms with Crippen molar-refractivity contribution in [2.24, 2.45) is 5.73 Å². The van der Waals surface area contributed by atoms with Crippen molar-refractivity contribution in [2.45, 2.75) is 51.7 Å². The van der Waals surface area contributed by atoms with Crippen LogP contribution in [0, 0.1) is 0 Å². The molecule has 5 nitrogen and oxygen atoms in total. The third-order valence-electron chi connectivity index (χ3n) is 2.21. The second-order valence-corrected chi connectivity index (χ2v) is 4.72. The molecular formula is C11H21N3O2. The third kappa shape index (κ3) is 3.90. The quantitative estimate of drug-likeness (QED) is 0.802. The van der Waals surface area contributed by atoms with Gasteiger partial charge in [-0.15, -0.1) is 0 Å². The van der Waals surface area contributed by atoms with Crippen molar-refractivity contribution in [3.05, 3.63) is 11.7 Å². The molecule has 0 aromatic carbocycles. The van der Waals surface area contributed by atoms with E-state index >= 15 is 0 Å². The van der Waals surface area contributed by atoms with Crippen molar-refractivity contribution in [1.29, 1.82) is 0 Å². The highest BCUT2D eigenvalue weighted by molar-refractivity contribution is 4.95. The predicted molar refractivity (Wildman–Crippen MR) is 60.9 cm³/mol. The van der Waals surface area contributed by atoms with E-state index < -0.39 is 0 Å². The van der Waals surface area contributed by atoms with Gasteiger partial charge >= 0.3 is 0 Å². The first-order valence-electron chi connectivity index (χ1n) is 5.60. The minimum atomic E-state index is -0.336. The van der Waals surface area contributed by atoms with Gasteiger partial charge in [0.2, 0.25) is 11.7 Å². The fourth-order valence-corrected chi connectivity index (χ4v) is 1.47. The Labute approximate surface area is 96.4 Å². The molecule has 1 rings (SSSR count). The molecule has 0 saturated carbocycles. The first-order valence-corrected chi connectivity index (χ1v) is 5.60. The first kappa shape index (κ1) is 13.1. The molecule has 0 saturated heterocycles. The van der Waals surface area contributed by atoms with E-state index in [-0.39, 0.29) is 11.6 Å². The fourth-order valence-electron chi connectivity index (χ4n) is 1.47. The summed E-state index contributed by atoms with van der Waals surface area (Å²) in [5, 5.41) is 3.92. The average Bonchev–Trinajstić information content (AvgIpc) is 2.59. The van der Waals surface area contributed by atoms with Crippen LogP contribution in [0.25, 0.3) is 0 Å². The van der Waals surface area contributed by atoms with Gasteiger partial charge in [-0.3, -0.25) is 0 Å². The molecule has 1 atom stereocenters. The number of rotatable bonds is 6. The van der Waals surface area contributed by atoms with Crippen molar-refractivity contribution in [2.75, 3.05) is 7.11 Å². The summed E-state index contributed by atoms with van der Waals surface area (Å²) in [6.07, 6.45) is 2.40. The molecule has 92 valence electrons. The molecule has 5 heteroatoms. The number of methoxy groups -OCH3 is 1. The molecule has 0 aliphatic rings. The van der Waals surface area contributed by atoms with E-state index in [9.17, 15) is 0 Å². The molecule has 1 heterocycles. The van der Waals surface area contributed by atoms with Crippen molar-refractivity contribution < 1.29 is 9.26 Å². The van der Waals surface area contributed by atoms with Crippen molar-refractivity contribution in [1.82, 2.24) is 10.1 Å². The Morgan fingerprint density at radius 2 is 2.19 bits per heavy atom. The van der Waals surface area contributed by atoms with Crippen LogP contribution in [-0.2, 0) is 11.2 Å². The number of hydrogen-bond donors (Lipinski definition) is 1. The maximum Gasteiger partial charge on any atom is 0.228 e. The van der Waals surface area contributed by atoms with Gasteiger partial charge in [-0.25, -0.2) is 0 Å². The van der Waals surface area contributed by atoms with Crippen LogP contribution in [0.5, 0.6) is 0 Å². The Kier molecular flexibility index (Phi) is 4.44. The monoisotopic (exact) mass is 227 g/mol. The van der Waals surface area contributed by atoms with E-state index in [1.807, 2.05) is 13.8 Å². The normalized spacial score (nSPS) is 14.1. The Balaban J connectivity index is 2.69. The summed E-state index contributed by atoms with van der Waals surface area (Å²) < 4.78 is 10.5. The lowest BCUT2D eigenvalue weighted by Gasteiger charge is -2.14. The van der Waals surface area contributed by atoms with Crippen molar-refractivity contribution in [3.8, 4) is 0 Å². The zero-order chi connectivity index (χ0) is 12.2. The smallest absolute Gasteiger partial charge is 0.228 e. The molecular weight excluding hydrogens is 206 g/mol. The van der Waals surface area contributed by atoms with Gasteiger partial charge in [0.15, 0.2) is 0 Å². The molecule has 1 aromatic rings. The molecule has 1 unspecified atom stereocenters. The highest BCUT2D eigenvalue weighted by atomic mass is 16.5. The van der Waals surface area contributed by atoms with E-state index in [1.165, 1.54) is 0 Å². The largest absolute Gasteiger partial charge is 0.373 e. The fraction of sp³-hybridized carbons (Fsp3) is 0.818. The third-order valence-corrected chi connectivity index (χ3v) is 2.21. The first-order chi connectivity index (χ1) is 7.46. The summed E-state index contributed by atoms with van der Waals surface area (Å²) in [6.45, 7) is 5.95. The number of hydrogen-bond acceptors (Lipinski definition) is 5. The predicted octanol–water partition coefficient (Wildman–Crippen LogP) is 1.84. The number of nitrogens with two attached hydrogens (primary N) is 1. The molecule has 0 aliphatic carbocycles. The highest BCUT2D eigenvalue weighted by Gasteiger charge is 2.20. The molecule has 0 bridgehead atoms. The number of nitrogens with zero attached hydrogens (tertiary/aromatic N) is 2. The van der Waals surface area contributed by atoms with Gasteiger partial charge in [-0.1, -0.05) is 18.5 Å². The molecule has 0 fully saturated rings. The summed E-state index contributed by atoms with van der Waals surface area (Å²) in [4.78, 5) is 4.30. The van der Waals surface area contributed by atoms with Crippen LogP contribution in [0.15, 0.2) is 4.52 Å². The Hall–Kier alpha value is -0.940. The maximum absolute atomic E-state index is 5.89. The van der Waals surface area contributed by atoms with E-state index in [0.29, 0.717) is 18.1 Å². The summed E-state index contributed by atoms with van der Waals surface area (Å²) in [5.41, 5.74) is 5.55. The van der Waals surface area contributed by atoms with Gasteiger partial charge < -0.3 is 15.0 Å². The Morgan fingerprint density at radius 1 is 1.50 bits per heavy atom. The van der Waals surface area contributed by atoms with Gasteiger partial charge in [-0.05, 0) is 20.3 Å². The lowest BCUT2D eigenvalue weighted by molar-refractivity contribution is 0.0854. The van der Waals surface area contributed by atoms with Gasteiger partial charge in [0.25, 0.3) is 0 Å². The minimum Gasteiger partial charge on any atom is -0.373 e. The van der Waals surface area contributed by atoms with Crippen LogP contribution in [0.3, 0.4) is 0 Å². The average molecular weight is 227 g/mol. The van der Waals surface area contributed by atoms with Crippen LogP contribution >= 0.6 is 0 Å². The zero-order valence-electron chi connectivity index (χ0n) is 10.5. The Bertz CT molecular complexity index is 317. The van der Waals surface area contributed by atoms with Gasteiger partial charge in [0, 0.05) is 19.1 Å². The SMILES string of the molecule is CCCC(OC)c1noc(CC(C)(C)N)n1. The molecule has 1 aromatic heterocycles. The van der Waals surface area contributed by atoms with Crippen molar-refractivity contribution >= 4 is 0 Å². The molecule has 0 radical (unpaired) electrons. The summed E-state index contributed by atoms with van der Waals surface area (Å²) in [5.74, 6) is 1.18. The van der Waals surface area contributed by atoms with E-state index in [0.717, 1.165) is 12.8 Å². The van der Waals surface area contributed by atoms with Gasteiger partial charge in [-0.2, -0.15) is 4.98 Å². The minimum absolute atomic E-state index is 0.0802. The molecule has 16 heavy (non-hydrogen) atoms. The van der Waals surface area contributed by atoms with E-state index in [1.54, 1.807) is 7.11 Å². The zero-order valence-corrected chi connectivity index (χ0v) is 10.5. The van der Waals surface area contributed by atoms with Crippen LogP contribution in [0.1, 0.15) is 51.4 Å². The summed E-state index contributed by atoms with van der Waals surface area (Å²) >= 11 is 0. The second-order valence-electron chi connectivity index (χ2n) is 4.72. The van der Waals surface area contributed by atoms with Crippen LogP contribution in [0.4, 0.5) is 0 Å². The standard InChI is InChI=1S/C11H21N3O2/c1-5-6-8(15-4)10-13-9(16-14-10)7-11(2,3)12/h8H,5-7,12H2,1-4H3. The van der Waals surface area contributed by atoms with Gasteiger partial charge in [0.1, 0.15) is 6.10 Å². The molecule has 0 amide bonds. The van der Waals surface area contributed by atoms with E-state index in [4.69, 9.17) is 15.0 Å². The van der Waals surface area contributed by atoms with Crippen LogP contribution in [-0.4, -0.2) is 22.8 Å². The second kappa shape index (κ2) is 5.41. The Morgan fingerprint density at radius 3 is 2.69 bits per heavy atom. The lowest BCUT2D eigenvalue weighted by atomic mass is 10.0.